The summed E-state index contributed by atoms with van der Waals surface area (Å²) in [5.41, 5.74) is 1.44. The number of sulfone groups is 1. The number of carbonyl (C=O) groups is 1. The second-order valence-corrected chi connectivity index (χ2v) is 9.28. The van der Waals surface area contributed by atoms with Crippen molar-refractivity contribution in [3.8, 4) is 0 Å². The number of halogens is 1. The van der Waals surface area contributed by atoms with E-state index in [1.165, 1.54) is 24.3 Å². The third-order valence-electron chi connectivity index (χ3n) is 4.57. The molecule has 1 unspecified atom stereocenters. The molecule has 2 aromatic rings. The molecule has 154 valence electrons. The Kier molecular flexibility index (Phi) is 5.62. The van der Waals surface area contributed by atoms with Gasteiger partial charge in [-0.1, -0.05) is 24.3 Å². The highest BCUT2D eigenvalue weighted by molar-refractivity contribution is 7.90. The van der Waals surface area contributed by atoms with Gasteiger partial charge in [0.25, 0.3) is 0 Å². The summed E-state index contributed by atoms with van der Waals surface area (Å²) in [4.78, 5) is 11.2. The number of benzene rings is 2. The molecule has 1 aliphatic heterocycles. The molecule has 0 saturated heterocycles. The van der Waals surface area contributed by atoms with E-state index in [4.69, 9.17) is 14.6 Å². The van der Waals surface area contributed by atoms with Crippen molar-refractivity contribution < 1.29 is 32.2 Å². The predicted octanol–water partition coefficient (Wildman–Crippen LogP) is 3.38. The van der Waals surface area contributed by atoms with Gasteiger partial charge in [0.1, 0.15) is 12.4 Å². The molecule has 6 nitrogen and oxygen atoms in total. The Morgan fingerprint density at radius 2 is 1.83 bits per heavy atom. The first-order valence-corrected chi connectivity index (χ1v) is 10.7. The molecule has 2 aromatic carbocycles. The minimum Gasteiger partial charge on any atom is -0.480 e. The van der Waals surface area contributed by atoms with Gasteiger partial charge in [-0.25, -0.2) is 17.6 Å². The molecule has 1 heterocycles. The fourth-order valence-electron chi connectivity index (χ4n) is 3.40. The smallest absolute Gasteiger partial charge is 0.329 e. The van der Waals surface area contributed by atoms with E-state index in [-0.39, 0.29) is 4.90 Å². The molecular formula is C21H21FO6S. The number of aliphatic carboxylic acids is 1. The van der Waals surface area contributed by atoms with Crippen molar-refractivity contribution in [1.29, 1.82) is 0 Å². The molecular weight excluding hydrogens is 399 g/mol. The largest absolute Gasteiger partial charge is 0.480 e. The summed E-state index contributed by atoms with van der Waals surface area (Å²) in [7, 11) is -3.36. The van der Waals surface area contributed by atoms with Crippen LogP contribution < -0.4 is 0 Å². The Balaban J connectivity index is 2.18. The third-order valence-corrected chi connectivity index (χ3v) is 5.70. The van der Waals surface area contributed by atoms with Crippen LogP contribution in [0, 0.1) is 5.82 Å². The number of hydrogen-bond acceptors (Lipinski definition) is 5. The minimum atomic E-state index is -3.36. The summed E-state index contributed by atoms with van der Waals surface area (Å²) in [6, 6.07) is 12.1. The summed E-state index contributed by atoms with van der Waals surface area (Å²) in [6.45, 7) is 2.99. The zero-order valence-corrected chi connectivity index (χ0v) is 17.0. The molecule has 0 bridgehead atoms. The van der Waals surface area contributed by atoms with Crippen LogP contribution in [0.1, 0.15) is 25.0 Å². The molecule has 0 spiro atoms. The molecule has 0 aromatic heterocycles. The van der Waals surface area contributed by atoms with Gasteiger partial charge in [0, 0.05) is 11.8 Å². The lowest BCUT2D eigenvalue weighted by Gasteiger charge is -2.23. The molecule has 8 heteroatoms. The SMILES string of the molecule is CC1(C)OC(OCC(=O)O)C(c2cccc(F)c2)=C1c1ccc(S(C)(=O)=O)cc1. The first-order valence-electron chi connectivity index (χ1n) is 8.81. The second-order valence-electron chi connectivity index (χ2n) is 7.26. The van der Waals surface area contributed by atoms with E-state index >= 15 is 0 Å². The maximum absolute atomic E-state index is 13.9. The molecule has 1 atom stereocenters. The van der Waals surface area contributed by atoms with Gasteiger partial charge in [-0.15, -0.1) is 0 Å². The van der Waals surface area contributed by atoms with E-state index in [2.05, 4.69) is 0 Å². The first kappa shape index (κ1) is 21.2. The topological polar surface area (TPSA) is 89.9 Å². The summed E-state index contributed by atoms with van der Waals surface area (Å²) < 4.78 is 48.8. The van der Waals surface area contributed by atoms with Crippen LogP contribution in [-0.2, 0) is 24.1 Å². The lowest BCUT2D eigenvalue weighted by atomic mass is 9.87. The highest BCUT2D eigenvalue weighted by Crippen LogP contribution is 2.47. The van der Waals surface area contributed by atoms with Gasteiger partial charge in [0.15, 0.2) is 16.1 Å². The fourth-order valence-corrected chi connectivity index (χ4v) is 4.03. The monoisotopic (exact) mass is 420 g/mol. The molecule has 29 heavy (non-hydrogen) atoms. The lowest BCUT2D eigenvalue weighted by Crippen LogP contribution is -2.27. The lowest BCUT2D eigenvalue weighted by molar-refractivity contribution is -0.164. The molecule has 0 fully saturated rings. The van der Waals surface area contributed by atoms with Gasteiger partial charge >= 0.3 is 5.97 Å². The van der Waals surface area contributed by atoms with E-state index in [1.54, 1.807) is 38.1 Å². The Morgan fingerprint density at radius 3 is 2.38 bits per heavy atom. The van der Waals surface area contributed by atoms with E-state index < -0.39 is 40.1 Å². The van der Waals surface area contributed by atoms with Crippen molar-refractivity contribution in [3.63, 3.8) is 0 Å². The van der Waals surface area contributed by atoms with Crippen LogP contribution in [0.4, 0.5) is 4.39 Å². The molecule has 0 radical (unpaired) electrons. The van der Waals surface area contributed by atoms with Crippen molar-refractivity contribution in [3.05, 3.63) is 65.5 Å². The summed E-state index contributed by atoms with van der Waals surface area (Å²) in [6.07, 6.45) is 0.102. The van der Waals surface area contributed by atoms with E-state index in [0.29, 0.717) is 22.3 Å². The zero-order valence-electron chi connectivity index (χ0n) is 16.2. The highest BCUT2D eigenvalue weighted by atomic mass is 32.2. The van der Waals surface area contributed by atoms with Crippen LogP contribution in [0.2, 0.25) is 0 Å². The van der Waals surface area contributed by atoms with Gasteiger partial charge in [0.2, 0.25) is 0 Å². The molecule has 3 rings (SSSR count). The summed E-state index contributed by atoms with van der Waals surface area (Å²) >= 11 is 0. The van der Waals surface area contributed by atoms with Gasteiger partial charge in [-0.3, -0.25) is 0 Å². The van der Waals surface area contributed by atoms with Crippen LogP contribution in [0.15, 0.2) is 53.4 Å². The van der Waals surface area contributed by atoms with Crippen molar-refractivity contribution in [2.45, 2.75) is 30.6 Å². The van der Waals surface area contributed by atoms with E-state index in [0.717, 1.165) is 6.26 Å². The molecule has 1 aliphatic rings. The highest BCUT2D eigenvalue weighted by Gasteiger charge is 2.42. The van der Waals surface area contributed by atoms with Crippen LogP contribution >= 0.6 is 0 Å². The maximum Gasteiger partial charge on any atom is 0.329 e. The average Bonchev–Trinajstić information content (AvgIpc) is 2.90. The van der Waals surface area contributed by atoms with Gasteiger partial charge in [-0.05, 0) is 54.8 Å². The number of ether oxygens (including phenoxy) is 2. The fraction of sp³-hybridized carbons (Fsp3) is 0.286. The number of hydrogen-bond donors (Lipinski definition) is 1. The standard InChI is InChI=1S/C21H21FO6S/c1-21(2)19(13-7-9-16(10-8-13)29(3,25)26)18(14-5-4-6-15(22)11-14)20(28-21)27-12-17(23)24/h4-11,20H,12H2,1-3H3,(H,23,24). The molecule has 1 N–H and O–H groups in total. The maximum atomic E-state index is 13.9. The number of carboxylic acid groups (broad SMARTS) is 1. The number of rotatable bonds is 6. The molecule has 0 saturated carbocycles. The van der Waals surface area contributed by atoms with Crippen LogP contribution in [0.25, 0.3) is 11.1 Å². The Bertz CT molecular complexity index is 1070. The Hall–Kier alpha value is -2.55. The van der Waals surface area contributed by atoms with Crippen LogP contribution in [0.5, 0.6) is 0 Å². The molecule has 0 aliphatic carbocycles. The van der Waals surface area contributed by atoms with Crippen LogP contribution in [-0.4, -0.2) is 44.2 Å². The summed E-state index contributed by atoms with van der Waals surface area (Å²) in [5.74, 6) is -1.61. The third kappa shape index (κ3) is 4.55. The van der Waals surface area contributed by atoms with Gasteiger partial charge < -0.3 is 14.6 Å². The number of carboxylic acids is 1. The predicted molar refractivity (Wildman–Crippen MR) is 105 cm³/mol. The normalized spacial score (nSPS) is 18.8. The molecule has 0 amide bonds. The minimum absolute atomic E-state index is 0.171. The van der Waals surface area contributed by atoms with Crippen molar-refractivity contribution in [2.24, 2.45) is 0 Å². The Morgan fingerprint density at radius 1 is 1.17 bits per heavy atom. The van der Waals surface area contributed by atoms with Crippen molar-refractivity contribution in [1.82, 2.24) is 0 Å². The average molecular weight is 420 g/mol. The second kappa shape index (κ2) is 7.70. The van der Waals surface area contributed by atoms with Crippen LogP contribution in [0.3, 0.4) is 0 Å². The Labute approximate surface area is 168 Å². The van der Waals surface area contributed by atoms with Crippen molar-refractivity contribution >= 4 is 27.0 Å². The zero-order chi connectivity index (χ0) is 21.4. The quantitative estimate of drug-likeness (QED) is 0.771. The van der Waals surface area contributed by atoms with Crippen molar-refractivity contribution in [2.75, 3.05) is 12.9 Å². The van der Waals surface area contributed by atoms with Gasteiger partial charge in [-0.2, -0.15) is 0 Å². The first-order chi connectivity index (χ1) is 13.5. The summed E-state index contributed by atoms with van der Waals surface area (Å²) in [5, 5.41) is 8.98. The van der Waals surface area contributed by atoms with Gasteiger partial charge in [0.05, 0.1) is 10.5 Å². The van der Waals surface area contributed by atoms with E-state index in [1.807, 2.05) is 0 Å². The van der Waals surface area contributed by atoms with E-state index in [9.17, 15) is 17.6 Å².